The number of hydrogen-bond acceptors (Lipinski definition) is 4. The Morgan fingerprint density at radius 3 is 2.22 bits per heavy atom. The zero-order chi connectivity index (χ0) is 23.5. The van der Waals surface area contributed by atoms with Gasteiger partial charge in [-0.3, -0.25) is 9.52 Å². The van der Waals surface area contributed by atoms with Gasteiger partial charge in [0.1, 0.15) is 5.75 Å². The van der Waals surface area contributed by atoms with E-state index < -0.39 is 10.0 Å². The molecule has 6 nitrogen and oxygen atoms in total. The van der Waals surface area contributed by atoms with Crippen molar-refractivity contribution in [2.75, 3.05) is 16.6 Å². The van der Waals surface area contributed by atoms with Crippen molar-refractivity contribution in [2.45, 2.75) is 18.7 Å². The Bertz CT molecular complexity index is 1240. The van der Waals surface area contributed by atoms with Gasteiger partial charge >= 0.3 is 0 Å². The minimum atomic E-state index is -3.87. The summed E-state index contributed by atoms with van der Waals surface area (Å²) < 4.78 is 34.1. The van der Waals surface area contributed by atoms with Crippen LogP contribution in [0.25, 0.3) is 0 Å². The van der Waals surface area contributed by atoms with Gasteiger partial charge in [0.15, 0.2) is 6.61 Å². The monoisotopic (exact) mass is 556 g/mol. The zero-order valence-corrected chi connectivity index (χ0v) is 21.0. The highest BCUT2D eigenvalue weighted by molar-refractivity contribution is 9.10. The number of ether oxygens (including phenoxy) is 1. The van der Waals surface area contributed by atoms with Gasteiger partial charge in [-0.05, 0) is 79.6 Å². The maximum absolute atomic E-state index is 12.6. The number of rotatable bonds is 7. The van der Waals surface area contributed by atoms with E-state index in [1.807, 2.05) is 26.0 Å². The van der Waals surface area contributed by atoms with Gasteiger partial charge in [0.2, 0.25) is 0 Å². The maximum Gasteiger partial charge on any atom is 0.262 e. The molecule has 2 N–H and O–H groups in total. The summed E-state index contributed by atoms with van der Waals surface area (Å²) in [6, 6.07) is 14.1. The Balaban J connectivity index is 1.66. The molecule has 168 valence electrons. The molecule has 0 aromatic heterocycles. The number of hydrogen-bond donors (Lipinski definition) is 2. The molecule has 1 amide bonds. The number of halogens is 3. The third-order valence-electron chi connectivity index (χ3n) is 4.43. The first-order valence-electron chi connectivity index (χ1n) is 9.32. The normalized spacial score (nSPS) is 11.2. The Morgan fingerprint density at radius 1 is 1.00 bits per heavy atom. The summed E-state index contributed by atoms with van der Waals surface area (Å²) in [7, 11) is -3.87. The van der Waals surface area contributed by atoms with Gasteiger partial charge in [0.25, 0.3) is 15.9 Å². The van der Waals surface area contributed by atoms with Crippen LogP contribution in [0.5, 0.6) is 5.75 Å². The highest BCUT2D eigenvalue weighted by Gasteiger charge is 2.17. The van der Waals surface area contributed by atoms with Crippen molar-refractivity contribution in [3.05, 3.63) is 80.2 Å². The molecular weight excluding hydrogens is 539 g/mol. The van der Waals surface area contributed by atoms with Crippen molar-refractivity contribution >= 4 is 66.4 Å². The molecule has 0 unspecified atom stereocenters. The molecule has 0 aliphatic rings. The molecule has 0 aliphatic heterocycles. The molecule has 0 radical (unpaired) electrons. The SMILES string of the molecule is Cc1cc(Br)cc(C)c1NC(=O)COc1ccc(S(=O)(=O)Nc2ccc(Cl)cc2)cc1Cl. The van der Waals surface area contributed by atoms with Gasteiger partial charge in [-0.1, -0.05) is 39.1 Å². The van der Waals surface area contributed by atoms with Crippen LogP contribution in [-0.2, 0) is 14.8 Å². The van der Waals surface area contributed by atoms with Crippen molar-refractivity contribution in [1.82, 2.24) is 0 Å². The van der Waals surface area contributed by atoms with E-state index >= 15 is 0 Å². The average molecular weight is 558 g/mol. The van der Waals surface area contributed by atoms with Crippen molar-refractivity contribution < 1.29 is 17.9 Å². The lowest BCUT2D eigenvalue weighted by atomic mass is 10.1. The largest absolute Gasteiger partial charge is 0.482 e. The number of carbonyl (C=O) groups is 1. The third kappa shape index (κ3) is 6.16. The summed E-state index contributed by atoms with van der Waals surface area (Å²) in [5.41, 5.74) is 2.89. The Kier molecular flexibility index (Phi) is 7.71. The Labute approximate surface area is 205 Å². The van der Waals surface area contributed by atoms with Crippen LogP contribution in [0, 0.1) is 13.8 Å². The number of nitrogens with one attached hydrogen (secondary N) is 2. The molecule has 3 rings (SSSR count). The van der Waals surface area contributed by atoms with Crippen LogP contribution >= 0.6 is 39.1 Å². The van der Waals surface area contributed by atoms with Crippen LogP contribution in [-0.4, -0.2) is 20.9 Å². The van der Waals surface area contributed by atoms with Crippen LogP contribution in [0.2, 0.25) is 10.0 Å². The summed E-state index contributed by atoms with van der Waals surface area (Å²) in [4.78, 5) is 12.3. The molecule has 10 heteroatoms. The highest BCUT2D eigenvalue weighted by Crippen LogP contribution is 2.29. The predicted molar refractivity (Wildman–Crippen MR) is 131 cm³/mol. The number of aryl methyl sites for hydroxylation is 2. The van der Waals surface area contributed by atoms with E-state index in [0.717, 1.165) is 15.6 Å². The Hall–Kier alpha value is -2.26. The fourth-order valence-electron chi connectivity index (χ4n) is 2.92. The van der Waals surface area contributed by atoms with Crippen molar-refractivity contribution in [3.63, 3.8) is 0 Å². The molecule has 0 bridgehead atoms. The minimum Gasteiger partial charge on any atom is -0.482 e. The van der Waals surface area contributed by atoms with Gasteiger partial charge in [-0.15, -0.1) is 0 Å². The molecule has 0 saturated heterocycles. The van der Waals surface area contributed by atoms with Crippen LogP contribution in [0.4, 0.5) is 11.4 Å². The van der Waals surface area contributed by atoms with E-state index in [0.29, 0.717) is 16.4 Å². The summed E-state index contributed by atoms with van der Waals surface area (Å²) in [5, 5.41) is 3.37. The zero-order valence-electron chi connectivity index (χ0n) is 17.1. The van der Waals surface area contributed by atoms with Gasteiger partial charge in [-0.2, -0.15) is 0 Å². The first-order chi connectivity index (χ1) is 15.0. The van der Waals surface area contributed by atoms with Crippen molar-refractivity contribution in [2.24, 2.45) is 0 Å². The van der Waals surface area contributed by atoms with E-state index in [2.05, 4.69) is 26.0 Å². The molecule has 0 saturated carbocycles. The molecule has 3 aromatic rings. The first kappa shape index (κ1) is 24.4. The lowest BCUT2D eigenvalue weighted by Crippen LogP contribution is -2.21. The summed E-state index contributed by atoms with van der Waals surface area (Å²) >= 11 is 15.4. The number of amides is 1. The third-order valence-corrected chi connectivity index (χ3v) is 6.81. The quantitative estimate of drug-likeness (QED) is 0.362. The second kappa shape index (κ2) is 10.1. The molecule has 0 aliphatic carbocycles. The van der Waals surface area contributed by atoms with E-state index in [4.69, 9.17) is 27.9 Å². The summed E-state index contributed by atoms with van der Waals surface area (Å²) in [6.45, 7) is 3.49. The molecule has 0 fully saturated rings. The van der Waals surface area contributed by atoms with Gasteiger partial charge in [0, 0.05) is 20.9 Å². The summed E-state index contributed by atoms with van der Waals surface area (Å²) in [5.74, 6) is -0.174. The topological polar surface area (TPSA) is 84.5 Å². The van der Waals surface area contributed by atoms with Crippen LogP contribution in [0.3, 0.4) is 0 Å². The molecular formula is C22H19BrCl2N2O4S. The highest BCUT2D eigenvalue weighted by atomic mass is 79.9. The second-order valence-corrected chi connectivity index (χ2v) is 10.4. The molecule has 32 heavy (non-hydrogen) atoms. The maximum atomic E-state index is 12.6. The molecule has 0 heterocycles. The smallest absolute Gasteiger partial charge is 0.262 e. The molecule has 0 atom stereocenters. The fraction of sp³-hybridized carbons (Fsp3) is 0.136. The van der Waals surface area contributed by atoms with Crippen molar-refractivity contribution in [1.29, 1.82) is 0 Å². The number of anilines is 2. The summed E-state index contributed by atoms with van der Waals surface area (Å²) in [6.07, 6.45) is 0. The molecule has 3 aromatic carbocycles. The van der Waals surface area contributed by atoms with Crippen LogP contribution < -0.4 is 14.8 Å². The number of carbonyl (C=O) groups excluding carboxylic acids is 1. The Morgan fingerprint density at radius 2 is 1.62 bits per heavy atom. The van der Waals surface area contributed by atoms with Gasteiger partial charge in [-0.25, -0.2) is 8.42 Å². The standard InChI is InChI=1S/C22H19BrCl2N2O4S/c1-13-9-15(23)10-14(2)22(13)26-21(28)12-31-20-8-7-18(11-19(20)25)32(29,30)27-17-5-3-16(24)4-6-17/h3-11,27H,12H2,1-2H3,(H,26,28). The number of sulfonamides is 1. The van der Waals surface area contributed by atoms with E-state index in [9.17, 15) is 13.2 Å². The van der Waals surface area contributed by atoms with E-state index in [1.165, 1.54) is 18.2 Å². The van der Waals surface area contributed by atoms with Gasteiger partial charge in [0.05, 0.1) is 9.92 Å². The van der Waals surface area contributed by atoms with E-state index in [-0.39, 0.29) is 28.2 Å². The minimum absolute atomic E-state index is 0.0460. The van der Waals surface area contributed by atoms with Gasteiger partial charge < -0.3 is 10.1 Å². The average Bonchev–Trinajstić information content (AvgIpc) is 2.71. The second-order valence-electron chi connectivity index (χ2n) is 6.96. The van der Waals surface area contributed by atoms with E-state index in [1.54, 1.807) is 24.3 Å². The predicted octanol–water partition coefficient (Wildman–Crippen LogP) is 6.19. The number of benzene rings is 3. The lowest BCUT2D eigenvalue weighted by molar-refractivity contribution is -0.118. The molecule has 0 spiro atoms. The van der Waals surface area contributed by atoms with Crippen LogP contribution in [0.1, 0.15) is 11.1 Å². The first-order valence-corrected chi connectivity index (χ1v) is 12.4. The van der Waals surface area contributed by atoms with Crippen molar-refractivity contribution in [3.8, 4) is 5.75 Å². The lowest BCUT2D eigenvalue weighted by Gasteiger charge is -2.14. The van der Waals surface area contributed by atoms with Crippen LogP contribution in [0.15, 0.2) is 64.0 Å². The fourth-order valence-corrected chi connectivity index (χ4v) is 5.12.